The Bertz CT molecular complexity index is 972. The molecule has 1 aromatic heterocycles. The van der Waals surface area contributed by atoms with Crippen molar-refractivity contribution in [3.8, 4) is 11.3 Å². The van der Waals surface area contributed by atoms with Gasteiger partial charge in [0.1, 0.15) is 17.2 Å². The fourth-order valence-electron chi connectivity index (χ4n) is 2.28. The van der Waals surface area contributed by atoms with Crippen molar-refractivity contribution in [1.29, 1.82) is 0 Å². The number of rotatable bonds is 3. The fourth-order valence-corrected chi connectivity index (χ4v) is 2.97. The van der Waals surface area contributed by atoms with Crippen LogP contribution in [0.4, 0.5) is 4.39 Å². The Morgan fingerprint density at radius 3 is 2.39 bits per heavy atom. The van der Waals surface area contributed by atoms with Crippen LogP contribution in [0, 0.1) is 5.82 Å². The van der Waals surface area contributed by atoms with Gasteiger partial charge in [0.05, 0.1) is 11.5 Å². The minimum Gasteiger partial charge on any atom is -0.456 e. The second kappa shape index (κ2) is 5.74. The smallest absolute Gasteiger partial charge is 0.329 e. The molecule has 0 saturated heterocycles. The molecular weight excluding hydrogens is 322 g/mol. The molecule has 0 aliphatic rings. The summed E-state index contributed by atoms with van der Waals surface area (Å²) in [6, 6.07) is 11.3. The lowest BCUT2D eigenvalue weighted by Crippen LogP contribution is -2.00. The van der Waals surface area contributed by atoms with Crippen LogP contribution in [0.25, 0.3) is 22.3 Å². The minimum atomic E-state index is -4.13. The first-order valence-electron chi connectivity index (χ1n) is 6.69. The monoisotopic (exact) mass is 334 g/mol. The Morgan fingerprint density at radius 2 is 1.74 bits per heavy atom. The van der Waals surface area contributed by atoms with E-state index >= 15 is 0 Å². The van der Waals surface area contributed by atoms with Crippen LogP contribution in [0.1, 0.15) is 5.56 Å². The van der Waals surface area contributed by atoms with Crippen molar-refractivity contribution >= 4 is 18.6 Å². The highest BCUT2D eigenvalue weighted by Gasteiger charge is 2.14. The summed E-state index contributed by atoms with van der Waals surface area (Å²) in [7, 11) is -4.13. The van der Waals surface area contributed by atoms with Gasteiger partial charge in [0.2, 0.25) is 0 Å². The van der Waals surface area contributed by atoms with E-state index in [0.717, 1.165) is 6.07 Å². The van der Waals surface area contributed by atoms with E-state index in [0.29, 0.717) is 16.9 Å². The van der Waals surface area contributed by atoms with Crippen molar-refractivity contribution in [2.45, 2.75) is 6.16 Å². The topological polar surface area (TPSA) is 87.7 Å². The molecule has 0 spiro atoms. The largest absolute Gasteiger partial charge is 0.456 e. The van der Waals surface area contributed by atoms with Crippen LogP contribution in [-0.2, 0) is 10.7 Å². The van der Waals surface area contributed by atoms with Gasteiger partial charge in [-0.3, -0.25) is 9.36 Å². The summed E-state index contributed by atoms with van der Waals surface area (Å²) in [5, 5.41) is 0.159. The lowest BCUT2D eigenvalue weighted by Gasteiger charge is -2.06. The van der Waals surface area contributed by atoms with Crippen LogP contribution >= 0.6 is 7.60 Å². The molecule has 0 amide bonds. The number of halogens is 1. The van der Waals surface area contributed by atoms with Crippen molar-refractivity contribution in [2.75, 3.05) is 0 Å². The van der Waals surface area contributed by atoms with Gasteiger partial charge in [-0.05, 0) is 23.8 Å². The Hall–Kier alpha value is -2.27. The molecule has 3 aromatic rings. The molecule has 23 heavy (non-hydrogen) atoms. The molecule has 2 N–H and O–H groups in total. The van der Waals surface area contributed by atoms with Crippen molar-refractivity contribution in [3.05, 3.63) is 70.1 Å². The summed E-state index contributed by atoms with van der Waals surface area (Å²) in [5.74, 6) is -0.212. The van der Waals surface area contributed by atoms with Gasteiger partial charge in [0.25, 0.3) is 0 Å². The normalized spacial score (nSPS) is 11.8. The summed E-state index contributed by atoms with van der Waals surface area (Å²) in [5.41, 5.74) is 0.975. The molecule has 2 aromatic carbocycles. The maximum atomic E-state index is 13.2. The van der Waals surface area contributed by atoms with Gasteiger partial charge in [-0.1, -0.05) is 24.3 Å². The zero-order valence-electron chi connectivity index (χ0n) is 11.8. The lowest BCUT2D eigenvalue weighted by molar-refractivity contribution is 0.371. The summed E-state index contributed by atoms with van der Waals surface area (Å²) in [6.07, 6.45) is -0.353. The van der Waals surface area contributed by atoms with Crippen LogP contribution < -0.4 is 5.43 Å². The molecule has 0 aliphatic carbocycles. The Labute approximate surface area is 130 Å². The molecule has 0 saturated carbocycles. The van der Waals surface area contributed by atoms with Crippen LogP contribution in [0.2, 0.25) is 0 Å². The first-order chi connectivity index (χ1) is 10.8. The van der Waals surface area contributed by atoms with E-state index in [9.17, 15) is 13.8 Å². The van der Waals surface area contributed by atoms with E-state index in [-0.39, 0.29) is 22.6 Å². The van der Waals surface area contributed by atoms with Gasteiger partial charge in [-0.15, -0.1) is 0 Å². The number of hydrogen-bond donors (Lipinski definition) is 2. The van der Waals surface area contributed by atoms with E-state index in [4.69, 9.17) is 14.2 Å². The highest BCUT2D eigenvalue weighted by molar-refractivity contribution is 7.50. The minimum absolute atomic E-state index is 0.159. The lowest BCUT2D eigenvalue weighted by atomic mass is 10.1. The van der Waals surface area contributed by atoms with Gasteiger partial charge >= 0.3 is 7.60 Å². The van der Waals surface area contributed by atoms with E-state index in [1.807, 2.05) is 0 Å². The summed E-state index contributed by atoms with van der Waals surface area (Å²) in [4.78, 5) is 30.0. The molecule has 1 heterocycles. The number of hydrogen-bond acceptors (Lipinski definition) is 3. The third kappa shape index (κ3) is 3.56. The molecule has 0 radical (unpaired) electrons. The summed E-state index contributed by atoms with van der Waals surface area (Å²) < 4.78 is 29.8. The standard InChI is InChI=1S/C16H12FO5P/c17-12-5-6-15-13(7-12)14(18)8-16(22-15)11-3-1-10(2-4-11)9-23(19,20)21/h1-8H,9H2,(H2,19,20,21). The van der Waals surface area contributed by atoms with E-state index in [2.05, 4.69) is 0 Å². The molecule has 0 aliphatic heterocycles. The second-order valence-electron chi connectivity index (χ2n) is 5.14. The first-order valence-corrected chi connectivity index (χ1v) is 8.49. The molecule has 7 heteroatoms. The zero-order chi connectivity index (χ0) is 16.6. The van der Waals surface area contributed by atoms with Crippen LogP contribution in [0.5, 0.6) is 0 Å². The Kier molecular flexibility index (Phi) is 3.90. The van der Waals surface area contributed by atoms with Crippen LogP contribution in [0.3, 0.4) is 0 Å². The summed E-state index contributed by atoms with van der Waals surface area (Å²) >= 11 is 0. The third-order valence-corrected chi connectivity index (χ3v) is 4.09. The SMILES string of the molecule is O=c1cc(-c2ccc(CP(=O)(O)O)cc2)oc2ccc(F)cc12. The van der Waals surface area contributed by atoms with Crippen molar-refractivity contribution in [2.24, 2.45) is 0 Å². The molecule has 118 valence electrons. The molecule has 0 atom stereocenters. The third-order valence-electron chi connectivity index (χ3n) is 3.32. The van der Waals surface area contributed by atoms with Gasteiger partial charge in [-0.2, -0.15) is 0 Å². The maximum Gasteiger partial charge on any atom is 0.329 e. The molecular formula is C16H12FO5P. The molecule has 3 rings (SSSR count). The van der Waals surface area contributed by atoms with Gasteiger partial charge in [0, 0.05) is 11.6 Å². The Balaban J connectivity index is 2.02. The molecule has 0 fully saturated rings. The van der Waals surface area contributed by atoms with Gasteiger partial charge in [-0.25, -0.2) is 4.39 Å². The number of fused-ring (bicyclic) bond motifs is 1. The van der Waals surface area contributed by atoms with E-state index in [1.54, 1.807) is 24.3 Å². The van der Waals surface area contributed by atoms with Crippen LogP contribution in [0.15, 0.2) is 57.7 Å². The van der Waals surface area contributed by atoms with Crippen molar-refractivity contribution in [3.63, 3.8) is 0 Å². The fraction of sp³-hybridized carbons (Fsp3) is 0.0625. The molecule has 0 bridgehead atoms. The van der Waals surface area contributed by atoms with E-state index < -0.39 is 13.4 Å². The predicted molar refractivity (Wildman–Crippen MR) is 83.6 cm³/mol. The quantitative estimate of drug-likeness (QED) is 0.718. The predicted octanol–water partition coefficient (Wildman–Crippen LogP) is 3.28. The average Bonchev–Trinajstić information content (AvgIpc) is 2.47. The summed E-state index contributed by atoms with van der Waals surface area (Å²) in [6.45, 7) is 0. The van der Waals surface area contributed by atoms with E-state index in [1.165, 1.54) is 18.2 Å². The maximum absolute atomic E-state index is 13.2. The highest BCUT2D eigenvalue weighted by atomic mass is 31.2. The zero-order valence-corrected chi connectivity index (χ0v) is 12.7. The Morgan fingerprint density at radius 1 is 1.04 bits per heavy atom. The highest BCUT2D eigenvalue weighted by Crippen LogP contribution is 2.39. The number of benzene rings is 2. The van der Waals surface area contributed by atoms with Gasteiger partial charge in [0.15, 0.2) is 5.43 Å². The van der Waals surface area contributed by atoms with Crippen molar-refractivity contribution < 1.29 is 23.2 Å². The van der Waals surface area contributed by atoms with Gasteiger partial charge < -0.3 is 14.2 Å². The second-order valence-corrected chi connectivity index (χ2v) is 6.78. The van der Waals surface area contributed by atoms with Crippen molar-refractivity contribution in [1.82, 2.24) is 0 Å². The first kappa shape index (κ1) is 15.6. The molecule has 5 nitrogen and oxygen atoms in total. The van der Waals surface area contributed by atoms with Crippen LogP contribution in [-0.4, -0.2) is 9.79 Å². The molecule has 0 unspecified atom stereocenters. The average molecular weight is 334 g/mol.